The lowest BCUT2D eigenvalue weighted by molar-refractivity contribution is -0.114. The van der Waals surface area contributed by atoms with Crippen LogP contribution < -0.4 is 5.32 Å². The SMILES string of the molecule is CCCCCCCCCCCCCCCCCCCCCCCCCCCCCCc1c(CO)cccc1NC(C)=O. The molecule has 0 radical (unpaired) electrons. The van der Waals surface area contributed by atoms with Crippen molar-refractivity contribution in [3.05, 3.63) is 29.3 Å². The van der Waals surface area contributed by atoms with Crippen LogP contribution >= 0.6 is 0 Å². The Balaban J connectivity index is 1.78. The molecule has 0 fully saturated rings. The van der Waals surface area contributed by atoms with E-state index >= 15 is 0 Å². The monoisotopic (exact) mass is 586 g/mol. The van der Waals surface area contributed by atoms with Crippen LogP contribution in [0.25, 0.3) is 0 Å². The minimum atomic E-state index is -0.0539. The van der Waals surface area contributed by atoms with Crippen molar-refractivity contribution in [2.24, 2.45) is 0 Å². The van der Waals surface area contributed by atoms with Crippen LogP contribution in [0.4, 0.5) is 5.69 Å². The number of rotatable bonds is 31. The van der Waals surface area contributed by atoms with Gasteiger partial charge in [-0.05, 0) is 30.0 Å². The third-order valence-corrected chi connectivity index (χ3v) is 9.03. The molecule has 3 nitrogen and oxygen atoms in total. The molecule has 0 heterocycles. The summed E-state index contributed by atoms with van der Waals surface area (Å²) in [7, 11) is 0. The summed E-state index contributed by atoms with van der Waals surface area (Å²) in [6.45, 7) is 3.87. The first-order valence-electron chi connectivity index (χ1n) is 18.7. The lowest BCUT2D eigenvalue weighted by atomic mass is 9.98. The molecule has 0 unspecified atom stereocenters. The van der Waals surface area contributed by atoms with E-state index in [4.69, 9.17) is 0 Å². The van der Waals surface area contributed by atoms with Gasteiger partial charge in [0.1, 0.15) is 0 Å². The standard InChI is InChI=1S/C39H71NO2/c1-3-4-5-6-7-8-9-10-11-12-13-14-15-16-17-18-19-20-21-22-23-24-25-26-27-28-29-30-33-38-37(35-41)32-31-34-39(38)40-36(2)42/h31-32,34,41H,3-30,33,35H2,1-2H3,(H,40,42). The molecule has 0 atom stereocenters. The molecule has 0 aliphatic heterocycles. The quantitative estimate of drug-likeness (QED) is 0.0851. The summed E-state index contributed by atoms with van der Waals surface area (Å²) < 4.78 is 0. The lowest BCUT2D eigenvalue weighted by Crippen LogP contribution is -2.10. The van der Waals surface area contributed by atoms with Gasteiger partial charge in [0.25, 0.3) is 0 Å². The van der Waals surface area contributed by atoms with Gasteiger partial charge in [0.05, 0.1) is 6.61 Å². The molecule has 0 aromatic heterocycles. The molecule has 0 aliphatic rings. The number of hydrogen-bond donors (Lipinski definition) is 2. The van der Waals surface area contributed by atoms with Crippen molar-refractivity contribution >= 4 is 11.6 Å². The molecular weight excluding hydrogens is 514 g/mol. The second kappa shape index (κ2) is 29.7. The van der Waals surface area contributed by atoms with Gasteiger partial charge < -0.3 is 10.4 Å². The van der Waals surface area contributed by atoms with Crippen molar-refractivity contribution in [3.63, 3.8) is 0 Å². The van der Waals surface area contributed by atoms with Crippen LogP contribution in [0, 0.1) is 0 Å². The van der Waals surface area contributed by atoms with E-state index in [2.05, 4.69) is 12.2 Å². The van der Waals surface area contributed by atoms with Gasteiger partial charge in [0.2, 0.25) is 5.91 Å². The summed E-state index contributed by atoms with van der Waals surface area (Å²) >= 11 is 0. The van der Waals surface area contributed by atoms with Crippen molar-refractivity contribution in [1.82, 2.24) is 0 Å². The Kier molecular flexibility index (Phi) is 27.4. The summed E-state index contributed by atoms with van der Waals surface area (Å²) in [6, 6.07) is 5.81. The van der Waals surface area contributed by atoms with Gasteiger partial charge in [0.15, 0.2) is 0 Å². The molecule has 1 aromatic rings. The zero-order valence-corrected chi connectivity index (χ0v) is 28.3. The number of benzene rings is 1. The van der Waals surface area contributed by atoms with Crippen LogP contribution in [0.3, 0.4) is 0 Å². The molecule has 42 heavy (non-hydrogen) atoms. The fourth-order valence-electron chi connectivity index (χ4n) is 6.36. The van der Waals surface area contributed by atoms with Crippen molar-refractivity contribution < 1.29 is 9.90 Å². The molecule has 3 heteroatoms. The number of hydrogen-bond acceptors (Lipinski definition) is 2. The highest BCUT2D eigenvalue weighted by Crippen LogP contribution is 2.23. The van der Waals surface area contributed by atoms with E-state index in [9.17, 15) is 9.90 Å². The molecule has 0 aliphatic carbocycles. The number of anilines is 1. The Morgan fingerprint density at radius 3 is 1.19 bits per heavy atom. The maximum atomic E-state index is 11.5. The van der Waals surface area contributed by atoms with Crippen LogP contribution in [0.2, 0.25) is 0 Å². The number of amides is 1. The fourth-order valence-corrected chi connectivity index (χ4v) is 6.36. The highest BCUT2D eigenvalue weighted by molar-refractivity contribution is 5.89. The van der Waals surface area contributed by atoms with Crippen molar-refractivity contribution in [2.45, 2.75) is 207 Å². The van der Waals surface area contributed by atoms with Crippen LogP contribution in [-0.2, 0) is 17.8 Å². The van der Waals surface area contributed by atoms with Crippen LogP contribution in [0.15, 0.2) is 18.2 Å². The van der Waals surface area contributed by atoms with E-state index in [-0.39, 0.29) is 12.5 Å². The van der Waals surface area contributed by atoms with Crippen molar-refractivity contribution in [1.29, 1.82) is 0 Å². The Labute approximate surface area is 262 Å². The van der Waals surface area contributed by atoms with E-state index < -0.39 is 0 Å². The number of carbonyl (C=O) groups is 1. The van der Waals surface area contributed by atoms with E-state index in [1.165, 1.54) is 180 Å². The first kappa shape index (κ1) is 38.7. The van der Waals surface area contributed by atoms with E-state index in [1.54, 1.807) is 0 Å². The number of nitrogens with one attached hydrogen (secondary N) is 1. The van der Waals surface area contributed by atoms with E-state index in [0.717, 1.165) is 29.7 Å². The molecule has 244 valence electrons. The lowest BCUT2D eigenvalue weighted by Gasteiger charge is -2.14. The van der Waals surface area contributed by atoms with Gasteiger partial charge in [-0.3, -0.25) is 4.79 Å². The molecule has 0 spiro atoms. The Morgan fingerprint density at radius 1 is 0.548 bits per heavy atom. The third kappa shape index (κ3) is 23.1. The first-order chi connectivity index (χ1) is 20.7. The average Bonchev–Trinajstić information content (AvgIpc) is 2.98. The summed E-state index contributed by atoms with van der Waals surface area (Å²) in [5.74, 6) is -0.0539. The average molecular weight is 586 g/mol. The van der Waals surface area contributed by atoms with Gasteiger partial charge in [-0.25, -0.2) is 0 Å². The normalized spacial score (nSPS) is 11.3. The topological polar surface area (TPSA) is 49.3 Å². The van der Waals surface area contributed by atoms with Crippen LogP contribution in [0.5, 0.6) is 0 Å². The van der Waals surface area contributed by atoms with Gasteiger partial charge in [-0.15, -0.1) is 0 Å². The predicted molar refractivity (Wildman–Crippen MR) is 185 cm³/mol. The molecule has 2 N–H and O–H groups in total. The van der Waals surface area contributed by atoms with Crippen LogP contribution in [-0.4, -0.2) is 11.0 Å². The minimum absolute atomic E-state index is 0.0301. The number of unbranched alkanes of at least 4 members (excludes halogenated alkanes) is 27. The van der Waals surface area contributed by atoms with E-state index in [0.29, 0.717) is 0 Å². The molecule has 0 saturated carbocycles. The van der Waals surface area contributed by atoms with Gasteiger partial charge in [-0.2, -0.15) is 0 Å². The second-order valence-corrected chi connectivity index (χ2v) is 13.1. The predicted octanol–water partition coefficient (Wildman–Crippen LogP) is 12.6. The Morgan fingerprint density at radius 2 is 0.881 bits per heavy atom. The molecular formula is C39H71NO2. The van der Waals surface area contributed by atoms with Gasteiger partial charge >= 0.3 is 0 Å². The smallest absolute Gasteiger partial charge is 0.221 e. The molecule has 1 amide bonds. The third-order valence-electron chi connectivity index (χ3n) is 9.03. The number of aliphatic hydroxyl groups excluding tert-OH is 1. The minimum Gasteiger partial charge on any atom is -0.392 e. The second-order valence-electron chi connectivity index (χ2n) is 13.1. The molecule has 1 rings (SSSR count). The first-order valence-corrected chi connectivity index (χ1v) is 18.7. The summed E-state index contributed by atoms with van der Waals surface area (Å²) in [5, 5.41) is 12.6. The zero-order chi connectivity index (χ0) is 30.4. The summed E-state index contributed by atoms with van der Waals surface area (Å²) in [5.41, 5.74) is 2.90. The van der Waals surface area contributed by atoms with E-state index in [1.807, 2.05) is 18.2 Å². The Hall–Kier alpha value is -1.35. The Bertz CT molecular complexity index is 731. The van der Waals surface area contributed by atoms with Crippen molar-refractivity contribution in [2.75, 3.05) is 5.32 Å². The molecule has 1 aromatic carbocycles. The summed E-state index contributed by atoms with van der Waals surface area (Å²) in [6.07, 6.45) is 40.6. The number of carbonyl (C=O) groups excluding carboxylic acids is 1. The molecule has 0 bridgehead atoms. The maximum Gasteiger partial charge on any atom is 0.221 e. The highest BCUT2D eigenvalue weighted by Gasteiger charge is 2.09. The van der Waals surface area contributed by atoms with Gasteiger partial charge in [-0.1, -0.05) is 192 Å². The van der Waals surface area contributed by atoms with Crippen molar-refractivity contribution in [3.8, 4) is 0 Å². The fraction of sp³-hybridized carbons (Fsp3) is 0.821. The zero-order valence-electron chi connectivity index (χ0n) is 28.3. The number of aliphatic hydroxyl groups is 1. The summed E-state index contributed by atoms with van der Waals surface area (Å²) in [4.78, 5) is 11.5. The molecule has 0 saturated heterocycles. The largest absolute Gasteiger partial charge is 0.392 e. The van der Waals surface area contributed by atoms with Gasteiger partial charge in [0, 0.05) is 12.6 Å². The van der Waals surface area contributed by atoms with Crippen LogP contribution in [0.1, 0.15) is 205 Å². The maximum absolute atomic E-state index is 11.5. The highest BCUT2D eigenvalue weighted by atomic mass is 16.3.